The number of amides is 2. The van der Waals surface area contributed by atoms with Crippen molar-refractivity contribution in [3.8, 4) is 5.75 Å². The standard InChI is InChI=1S/C29H24BrNO5/c1-2-11-31-28(35)17-9-8-16-18(23(17)29(31)36)12-19-25(22(33)13-20(30)27(19)34)26(16)24-15-6-4-3-5-14(15)7-10-21(24)32/h3-8,10,13,17-18,23,26,32H,2,9,11-12H2,1H3. The Morgan fingerprint density at radius 3 is 2.58 bits per heavy atom. The second-order valence-electron chi connectivity index (χ2n) is 9.94. The van der Waals surface area contributed by atoms with Gasteiger partial charge in [-0.2, -0.15) is 0 Å². The second kappa shape index (κ2) is 8.37. The number of ketones is 2. The number of likely N-dealkylation sites (tertiary alicyclic amines) is 1. The number of fused-ring (bicyclic) bond motifs is 4. The molecule has 1 saturated heterocycles. The van der Waals surface area contributed by atoms with E-state index in [2.05, 4.69) is 15.9 Å². The minimum Gasteiger partial charge on any atom is -0.508 e. The molecule has 6 rings (SSSR count). The van der Waals surface area contributed by atoms with Gasteiger partial charge in [0.25, 0.3) is 0 Å². The minimum absolute atomic E-state index is 0.0320. The number of hydrogen-bond donors (Lipinski definition) is 1. The summed E-state index contributed by atoms with van der Waals surface area (Å²) < 4.78 is 0.188. The largest absolute Gasteiger partial charge is 0.508 e. The lowest BCUT2D eigenvalue weighted by Gasteiger charge is -2.42. The molecule has 7 heteroatoms. The van der Waals surface area contributed by atoms with Gasteiger partial charge in [-0.25, -0.2) is 0 Å². The first-order valence-electron chi connectivity index (χ1n) is 12.3. The topological polar surface area (TPSA) is 91.8 Å². The number of Topliss-reactive ketones (excluding diaryl/α,β-unsaturated/α-hetero) is 1. The van der Waals surface area contributed by atoms with E-state index >= 15 is 0 Å². The van der Waals surface area contributed by atoms with Crippen LogP contribution in [0.4, 0.5) is 0 Å². The fourth-order valence-corrected chi connectivity index (χ4v) is 7.08. The molecule has 2 amide bonds. The molecular formula is C29H24BrNO5. The molecule has 2 aromatic rings. The lowest BCUT2D eigenvalue weighted by atomic mass is 9.59. The van der Waals surface area contributed by atoms with Gasteiger partial charge < -0.3 is 5.11 Å². The zero-order chi connectivity index (χ0) is 25.3. The molecule has 1 N–H and O–H groups in total. The lowest BCUT2D eigenvalue weighted by Crippen LogP contribution is -2.39. The van der Waals surface area contributed by atoms with Crippen LogP contribution in [0.2, 0.25) is 0 Å². The number of nitrogens with zero attached hydrogens (tertiary/aromatic N) is 1. The Labute approximate surface area is 216 Å². The van der Waals surface area contributed by atoms with Crippen molar-refractivity contribution in [1.82, 2.24) is 4.90 Å². The zero-order valence-corrected chi connectivity index (χ0v) is 21.2. The van der Waals surface area contributed by atoms with Crippen LogP contribution in [0.3, 0.4) is 0 Å². The van der Waals surface area contributed by atoms with E-state index in [1.54, 1.807) is 6.07 Å². The predicted octanol–water partition coefficient (Wildman–Crippen LogP) is 4.72. The summed E-state index contributed by atoms with van der Waals surface area (Å²) in [5.41, 5.74) is 2.13. The molecule has 4 atom stereocenters. The molecule has 0 spiro atoms. The highest BCUT2D eigenvalue weighted by atomic mass is 79.9. The Morgan fingerprint density at radius 1 is 1.03 bits per heavy atom. The molecule has 1 fully saturated rings. The van der Waals surface area contributed by atoms with Crippen LogP contribution in [0.15, 0.2) is 69.8 Å². The smallest absolute Gasteiger partial charge is 0.233 e. The van der Waals surface area contributed by atoms with Crippen LogP contribution in [0, 0.1) is 17.8 Å². The fourth-order valence-electron chi connectivity index (χ4n) is 6.63. The van der Waals surface area contributed by atoms with Gasteiger partial charge in [0.2, 0.25) is 11.8 Å². The zero-order valence-electron chi connectivity index (χ0n) is 19.7. The van der Waals surface area contributed by atoms with Crippen molar-refractivity contribution in [1.29, 1.82) is 0 Å². The summed E-state index contributed by atoms with van der Waals surface area (Å²) in [5, 5.41) is 12.8. The van der Waals surface area contributed by atoms with Crippen molar-refractivity contribution >= 4 is 50.1 Å². The first kappa shape index (κ1) is 23.1. The van der Waals surface area contributed by atoms with Crippen LogP contribution in [-0.2, 0) is 19.2 Å². The number of rotatable bonds is 3. The number of allylic oxidation sites excluding steroid dienone is 6. The van der Waals surface area contributed by atoms with Gasteiger partial charge >= 0.3 is 0 Å². The van der Waals surface area contributed by atoms with Gasteiger partial charge in [-0.3, -0.25) is 24.1 Å². The highest BCUT2D eigenvalue weighted by molar-refractivity contribution is 9.12. The summed E-state index contributed by atoms with van der Waals surface area (Å²) in [6.45, 7) is 2.30. The lowest BCUT2D eigenvalue weighted by molar-refractivity contribution is -0.140. The van der Waals surface area contributed by atoms with E-state index < -0.39 is 23.7 Å². The first-order valence-corrected chi connectivity index (χ1v) is 13.1. The van der Waals surface area contributed by atoms with Crippen molar-refractivity contribution in [2.75, 3.05) is 6.54 Å². The van der Waals surface area contributed by atoms with Crippen LogP contribution < -0.4 is 0 Å². The maximum atomic E-state index is 13.5. The molecule has 3 aliphatic carbocycles. The van der Waals surface area contributed by atoms with Gasteiger partial charge in [0, 0.05) is 35.2 Å². The third-order valence-corrected chi connectivity index (χ3v) is 8.70. The fraction of sp³-hybridized carbons (Fsp3) is 0.310. The summed E-state index contributed by atoms with van der Waals surface area (Å²) >= 11 is 3.25. The van der Waals surface area contributed by atoms with Crippen molar-refractivity contribution in [3.05, 3.63) is 75.3 Å². The van der Waals surface area contributed by atoms with Crippen LogP contribution in [0.25, 0.3) is 10.8 Å². The van der Waals surface area contributed by atoms with Crippen LogP contribution >= 0.6 is 15.9 Å². The third-order valence-electron chi connectivity index (χ3n) is 8.11. The van der Waals surface area contributed by atoms with E-state index in [0.29, 0.717) is 36.1 Å². The van der Waals surface area contributed by atoms with Crippen LogP contribution in [-0.4, -0.2) is 39.9 Å². The van der Waals surface area contributed by atoms with E-state index in [4.69, 9.17) is 0 Å². The van der Waals surface area contributed by atoms with Gasteiger partial charge in [0.05, 0.1) is 16.3 Å². The van der Waals surface area contributed by atoms with E-state index in [-0.39, 0.29) is 40.0 Å². The Hall–Kier alpha value is -3.32. The maximum absolute atomic E-state index is 13.5. The Kier molecular flexibility index (Phi) is 5.37. The molecule has 0 aromatic heterocycles. The molecule has 1 heterocycles. The monoisotopic (exact) mass is 545 g/mol. The molecule has 36 heavy (non-hydrogen) atoms. The number of carbonyl (C=O) groups is 4. The van der Waals surface area contributed by atoms with Crippen molar-refractivity contribution in [2.24, 2.45) is 17.8 Å². The predicted molar refractivity (Wildman–Crippen MR) is 137 cm³/mol. The molecule has 6 nitrogen and oxygen atoms in total. The van der Waals surface area contributed by atoms with E-state index in [1.807, 2.05) is 43.3 Å². The Balaban J connectivity index is 1.60. The summed E-state index contributed by atoms with van der Waals surface area (Å²) in [6, 6.07) is 11.0. The van der Waals surface area contributed by atoms with Gasteiger partial charge in [0.1, 0.15) is 5.75 Å². The summed E-state index contributed by atoms with van der Waals surface area (Å²) in [6.07, 6.45) is 4.57. The maximum Gasteiger partial charge on any atom is 0.233 e. The Morgan fingerprint density at radius 2 is 1.81 bits per heavy atom. The number of phenolic OH excluding ortho intramolecular Hbond substituents is 1. The van der Waals surface area contributed by atoms with Gasteiger partial charge in [-0.15, -0.1) is 0 Å². The van der Waals surface area contributed by atoms with E-state index in [0.717, 1.165) is 16.3 Å². The van der Waals surface area contributed by atoms with Crippen molar-refractivity contribution in [2.45, 2.75) is 32.1 Å². The summed E-state index contributed by atoms with van der Waals surface area (Å²) in [5.74, 6) is -3.00. The van der Waals surface area contributed by atoms with Crippen molar-refractivity contribution in [3.63, 3.8) is 0 Å². The molecule has 4 unspecified atom stereocenters. The van der Waals surface area contributed by atoms with Crippen molar-refractivity contribution < 1.29 is 24.3 Å². The summed E-state index contributed by atoms with van der Waals surface area (Å²) in [7, 11) is 0. The molecule has 182 valence electrons. The highest BCUT2D eigenvalue weighted by Gasteiger charge is 2.56. The molecule has 1 aliphatic heterocycles. The molecular weight excluding hydrogens is 522 g/mol. The normalized spacial score (nSPS) is 27.7. The number of phenols is 1. The van der Waals surface area contributed by atoms with Gasteiger partial charge in [0.15, 0.2) is 11.6 Å². The van der Waals surface area contributed by atoms with Gasteiger partial charge in [-0.05, 0) is 57.9 Å². The number of halogens is 1. The van der Waals surface area contributed by atoms with Gasteiger partial charge in [-0.1, -0.05) is 48.9 Å². The number of imide groups is 1. The third kappa shape index (κ3) is 3.15. The average Bonchev–Trinajstić information content (AvgIpc) is 3.11. The SMILES string of the molecule is CCCN1C(=O)C2CC=C3C(c4c(O)ccc5ccccc45)C4=C(CC3C2C1=O)C(=O)C(Br)=CC4=O. The van der Waals surface area contributed by atoms with E-state index in [1.165, 1.54) is 11.0 Å². The molecule has 4 aliphatic rings. The minimum atomic E-state index is -0.678. The number of benzene rings is 2. The average molecular weight is 546 g/mol. The second-order valence-corrected chi connectivity index (χ2v) is 10.8. The number of carbonyl (C=O) groups excluding carboxylic acids is 4. The molecule has 0 saturated carbocycles. The summed E-state index contributed by atoms with van der Waals surface area (Å²) in [4.78, 5) is 54.8. The number of hydrogen-bond acceptors (Lipinski definition) is 5. The molecule has 0 bridgehead atoms. The number of aromatic hydroxyl groups is 1. The quantitative estimate of drug-likeness (QED) is 0.342. The molecule has 2 aromatic carbocycles. The highest BCUT2D eigenvalue weighted by Crippen LogP contribution is 2.57. The Bertz CT molecular complexity index is 1480. The first-order chi connectivity index (χ1) is 17.3. The van der Waals surface area contributed by atoms with Crippen LogP contribution in [0.5, 0.6) is 5.75 Å². The van der Waals surface area contributed by atoms with E-state index in [9.17, 15) is 24.3 Å². The van der Waals surface area contributed by atoms with Crippen LogP contribution in [0.1, 0.15) is 37.7 Å². The molecule has 0 radical (unpaired) electrons.